The predicted molar refractivity (Wildman–Crippen MR) is 131 cm³/mol. The molecule has 3 unspecified atom stereocenters. The van der Waals surface area contributed by atoms with Gasteiger partial charge in [-0.3, -0.25) is 10.1 Å². The van der Waals surface area contributed by atoms with Gasteiger partial charge < -0.3 is 15.7 Å². The van der Waals surface area contributed by atoms with Crippen LogP contribution in [0.1, 0.15) is 22.3 Å². The standard InChI is InChI=1S/C24H23ClN4O3S/c1-12-3-2-4-17(25)20(12)27-22(31)15-7-8-18-19(10-15)33-24(26-18)29-23(32)28-21-14-6-5-13(9-14)16(21)11-30/h2-8,10,13-14,16,21,30H,9,11H2,1H3,(H,27,31)(H2,26,28,29,32)/t13?,14-,16?,21?/m0/s1. The van der Waals surface area contributed by atoms with Crippen molar-refractivity contribution in [1.29, 1.82) is 0 Å². The molecule has 2 aliphatic carbocycles. The van der Waals surface area contributed by atoms with E-state index in [2.05, 4.69) is 33.1 Å². The number of aliphatic hydroxyl groups is 1. The molecule has 1 saturated carbocycles. The number of para-hydroxylation sites is 1. The highest BCUT2D eigenvalue weighted by Gasteiger charge is 2.44. The van der Waals surface area contributed by atoms with Crippen molar-refractivity contribution in [1.82, 2.24) is 10.3 Å². The third-order valence-electron chi connectivity index (χ3n) is 6.46. The number of nitrogens with one attached hydrogen (secondary N) is 3. The Kier molecular flexibility index (Phi) is 5.82. The zero-order chi connectivity index (χ0) is 23.1. The summed E-state index contributed by atoms with van der Waals surface area (Å²) in [5.41, 5.74) is 2.63. The lowest BCUT2D eigenvalue weighted by atomic mass is 9.90. The normalized spacial score (nSPS) is 23.1. The van der Waals surface area contributed by atoms with Crippen molar-refractivity contribution in [3.63, 3.8) is 0 Å². The van der Waals surface area contributed by atoms with E-state index in [-0.39, 0.29) is 36.4 Å². The molecular weight excluding hydrogens is 460 g/mol. The van der Waals surface area contributed by atoms with Crippen LogP contribution in [0.3, 0.4) is 0 Å². The molecule has 3 amide bonds. The summed E-state index contributed by atoms with van der Waals surface area (Å²) in [6, 6.07) is 10.2. The number of allylic oxidation sites excluding steroid dienone is 1. The SMILES string of the molecule is Cc1cccc(Cl)c1NC(=O)c1ccc2nc(NC(=O)NC3C(CO)C4C=C[C@H]3C4)sc2c1. The summed E-state index contributed by atoms with van der Waals surface area (Å²) in [6.07, 6.45) is 5.22. The number of amides is 3. The van der Waals surface area contributed by atoms with Gasteiger partial charge in [-0.2, -0.15) is 0 Å². The number of hydrogen-bond donors (Lipinski definition) is 4. The zero-order valence-corrected chi connectivity index (χ0v) is 19.4. The van der Waals surface area contributed by atoms with Crippen LogP contribution in [0.4, 0.5) is 15.6 Å². The highest BCUT2D eigenvalue weighted by atomic mass is 35.5. The zero-order valence-electron chi connectivity index (χ0n) is 17.8. The maximum absolute atomic E-state index is 12.8. The molecule has 0 spiro atoms. The second-order valence-electron chi connectivity index (χ2n) is 8.51. The van der Waals surface area contributed by atoms with Crippen LogP contribution in [-0.2, 0) is 0 Å². The van der Waals surface area contributed by atoms with E-state index in [1.807, 2.05) is 19.1 Å². The number of carbonyl (C=O) groups is 2. The number of aromatic nitrogens is 1. The maximum atomic E-state index is 12.8. The van der Waals surface area contributed by atoms with Gasteiger partial charge in [-0.05, 0) is 55.0 Å². The van der Waals surface area contributed by atoms with E-state index in [0.29, 0.717) is 32.8 Å². The summed E-state index contributed by atoms with van der Waals surface area (Å²) in [5.74, 6) is 0.361. The molecule has 2 aromatic carbocycles. The van der Waals surface area contributed by atoms with Crippen LogP contribution < -0.4 is 16.0 Å². The highest BCUT2D eigenvalue weighted by Crippen LogP contribution is 2.43. The summed E-state index contributed by atoms with van der Waals surface area (Å²) in [5, 5.41) is 19.3. The number of anilines is 2. The molecule has 0 saturated heterocycles. The Balaban J connectivity index is 1.28. The van der Waals surface area contributed by atoms with E-state index in [0.717, 1.165) is 16.7 Å². The number of rotatable bonds is 5. The third kappa shape index (κ3) is 4.21. The minimum absolute atomic E-state index is 0.0453. The molecule has 2 aliphatic rings. The van der Waals surface area contributed by atoms with E-state index in [1.54, 1.807) is 24.3 Å². The molecule has 7 nitrogen and oxygen atoms in total. The number of thiazole rings is 1. The number of halogens is 1. The molecule has 33 heavy (non-hydrogen) atoms. The number of carbonyl (C=O) groups excluding carboxylic acids is 2. The molecule has 0 aliphatic heterocycles. The van der Waals surface area contributed by atoms with Crippen LogP contribution >= 0.6 is 22.9 Å². The fourth-order valence-electron chi connectivity index (χ4n) is 4.77. The minimum Gasteiger partial charge on any atom is -0.396 e. The fraction of sp³-hybridized carbons (Fsp3) is 0.292. The molecule has 1 aromatic heterocycles. The van der Waals surface area contributed by atoms with Crippen molar-refractivity contribution in [2.45, 2.75) is 19.4 Å². The smallest absolute Gasteiger partial charge is 0.321 e. The summed E-state index contributed by atoms with van der Waals surface area (Å²) in [6.45, 7) is 1.93. The van der Waals surface area contributed by atoms with Gasteiger partial charge in [0, 0.05) is 24.1 Å². The number of aryl methyl sites for hydroxylation is 1. The molecule has 170 valence electrons. The van der Waals surface area contributed by atoms with Gasteiger partial charge in [0.05, 0.1) is 20.9 Å². The Hall–Kier alpha value is -2.94. The Labute approximate surface area is 199 Å². The van der Waals surface area contributed by atoms with Crippen molar-refractivity contribution in [3.8, 4) is 0 Å². The molecular formula is C24H23ClN4O3S. The van der Waals surface area contributed by atoms with Gasteiger partial charge in [0.25, 0.3) is 5.91 Å². The first kappa shape index (κ1) is 21.9. The number of fused-ring (bicyclic) bond motifs is 3. The Morgan fingerprint density at radius 1 is 1.18 bits per heavy atom. The summed E-state index contributed by atoms with van der Waals surface area (Å²) in [4.78, 5) is 29.8. The molecule has 5 rings (SSSR count). The van der Waals surface area contributed by atoms with Crippen LogP contribution in [0.5, 0.6) is 0 Å². The molecule has 1 fully saturated rings. The topological polar surface area (TPSA) is 103 Å². The van der Waals surface area contributed by atoms with Crippen molar-refractivity contribution in [2.75, 3.05) is 17.2 Å². The first-order valence-electron chi connectivity index (χ1n) is 10.8. The molecule has 0 radical (unpaired) electrons. The van der Waals surface area contributed by atoms with Crippen LogP contribution in [0, 0.1) is 24.7 Å². The van der Waals surface area contributed by atoms with Gasteiger partial charge in [0.2, 0.25) is 0 Å². The van der Waals surface area contributed by atoms with Gasteiger partial charge in [0.1, 0.15) is 0 Å². The largest absolute Gasteiger partial charge is 0.396 e. The van der Waals surface area contributed by atoms with Crippen LogP contribution in [0.25, 0.3) is 10.2 Å². The molecule has 2 bridgehead atoms. The highest BCUT2D eigenvalue weighted by molar-refractivity contribution is 7.22. The second kappa shape index (κ2) is 8.78. The summed E-state index contributed by atoms with van der Waals surface area (Å²) < 4.78 is 0.782. The van der Waals surface area contributed by atoms with Gasteiger partial charge in [-0.1, -0.05) is 47.2 Å². The summed E-state index contributed by atoms with van der Waals surface area (Å²) in [7, 11) is 0. The lowest BCUT2D eigenvalue weighted by molar-refractivity contribution is 0.102. The Morgan fingerprint density at radius 2 is 2.00 bits per heavy atom. The van der Waals surface area contributed by atoms with Crippen LogP contribution in [0.2, 0.25) is 5.02 Å². The molecule has 1 heterocycles. The van der Waals surface area contributed by atoms with Gasteiger partial charge >= 0.3 is 6.03 Å². The average Bonchev–Trinajstić information content (AvgIpc) is 3.49. The Bertz CT molecular complexity index is 1250. The third-order valence-corrected chi connectivity index (χ3v) is 7.71. The first-order chi connectivity index (χ1) is 15.9. The molecule has 9 heteroatoms. The molecule has 4 atom stereocenters. The predicted octanol–water partition coefficient (Wildman–Crippen LogP) is 4.81. The lowest BCUT2D eigenvalue weighted by Gasteiger charge is -2.27. The van der Waals surface area contributed by atoms with E-state index in [4.69, 9.17) is 11.6 Å². The van der Waals surface area contributed by atoms with E-state index in [9.17, 15) is 14.7 Å². The maximum Gasteiger partial charge on any atom is 0.321 e. The quantitative estimate of drug-likeness (QED) is 0.391. The van der Waals surface area contributed by atoms with E-state index < -0.39 is 0 Å². The van der Waals surface area contributed by atoms with Crippen molar-refractivity contribution in [3.05, 3.63) is 64.7 Å². The second-order valence-corrected chi connectivity index (χ2v) is 9.94. The Morgan fingerprint density at radius 3 is 2.79 bits per heavy atom. The van der Waals surface area contributed by atoms with E-state index >= 15 is 0 Å². The minimum atomic E-state index is -0.342. The number of aliphatic hydroxyl groups excluding tert-OH is 1. The van der Waals surface area contributed by atoms with Crippen molar-refractivity contribution >= 4 is 55.9 Å². The average molecular weight is 483 g/mol. The van der Waals surface area contributed by atoms with Gasteiger partial charge in [-0.25, -0.2) is 9.78 Å². The number of urea groups is 1. The van der Waals surface area contributed by atoms with Crippen LogP contribution in [-0.4, -0.2) is 34.7 Å². The van der Waals surface area contributed by atoms with E-state index in [1.165, 1.54) is 11.3 Å². The number of hydrogen-bond acceptors (Lipinski definition) is 5. The summed E-state index contributed by atoms with van der Waals surface area (Å²) >= 11 is 7.52. The van der Waals surface area contributed by atoms with Crippen LogP contribution in [0.15, 0.2) is 48.6 Å². The first-order valence-corrected chi connectivity index (χ1v) is 12.0. The monoisotopic (exact) mass is 482 g/mol. The van der Waals surface area contributed by atoms with Crippen molar-refractivity contribution < 1.29 is 14.7 Å². The fourth-order valence-corrected chi connectivity index (χ4v) is 5.94. The van der Waals surface area contributed by atoms with Gasteiger partial charge in [0.15, 0.2) is 5.13 Å². The van der Waals surface area contributed by atoms with Gasteiger partial charge in [-0.15, -0.1) is 0 Å². The molecule has 3 aromatic rings. The van der Waals surface area contributed by atoms with Crippen molar-refractivity contribution in [2.24, 2.45) is 17.8 Å². The number of benzene rings is 2. The number of nitrogens with zero attached hydrogens (tertiary/aromatic N) is 1. The lowest BCUT2D eigenvalue weighted by Crippen LogP contribution is -2.45. The molecule has 4 N–H and O–H groups in total.